The Morgan fingerprint density at radius 3 is 2.88 bits per heavy atom. The first-order valence-corrected chi connectivity index (χ1v) is 5.75. The molecule has 0 saturated carbocycles. The molecule has 0 bridgehead atoms. The van der Waals surface area contributed by atoms with Gasteiger partial charge in [0.15, 0.2) is 0 Å². The Kier molecular flexibility index (Phi) is 3.28. The predicted octanol–water partition coefficient (Wildman–Crippen LogP) is 1.91. The third kappa shape index (κ3) is 2.24. The molecule has 5 nitrogen and oxygen atoms in total. The molecule has 0 amide bonds. The highest BCUT2D eigenvalue weighted by atomic mass is 35.5. The summed E-state index contributed by atoms with van der Waals surface area (Å²) < 4.78 is 3.35. The molecule has 0 aliphatic heterocycles. The largest absolute Gasteiger partial charge is 0.340 e. The maximum atomic E-state index is 12.2. The van der Waals surface area contributed by atoms with Crippen molar-refractivity contribution in [2.75, 3.05) is 0 Å². The number of hydrogen-bond donors (Lipinski definition) is 0. The lowest BCUT2D eigenvalue weighted by molar-refractivity contribution is 0.102. The molecule has 2 rings (SSSR count). The monoisotopic (exact) mass is 252 g/mol. The van der Waals surface area contributed by atoms with Crippen molar-refractivity contribution in [1.82, 2.24) is 19.3 Å². The zero-order valence-electron chi connectivity index (χ0n) is 9.72. The van der Waals surface area contributed by atoms with Gasteiger partial charge in [0.05, 0.1) is 17.5 Å². The lowest BCUT2D eigenvalue weighted by Crippen LogP contribution is -2.12. The van der Waals surface area contributed by atoms with Crippen LogP contribution in [-0.2, 0) is 13.6 Å². The van der Waals surface area contributed by atoms with Crippen LogP contribution >= 0.6 is 11.6 Å². The van der Waals surface area contributed by atoms with Crippen LogP contribution in [0, 0.1) is 0 Å². The summed E-state index contributed by atoms with van der Waals surface area (Å²) in [6.07, 6.45) is 5.64. The molecule has 90 valence electrons. The van der Waals surface area contributed by atoms with Gasteiger partial charge in [0.1, 0.15) is 11.4 Å². The normalized spacial score (nSPS) is 10.8. The molecule has 0 spiro atoms. The van der Waals surface area contributed by atoms with Crippen LogP contribution in [0.15, 0.2) is 18.7 Å². The SMILES string of the molecule is CCCn1ncc(Cl)c1C(=O)c1cn(C)cn1. The van der Waals surface area contributed by atoms with Gasteiger partial charge in [-0.05, 0) is 6.42 Å². The molecular weight excluding hydrogens is 240 g/mol. The molecule has 0 fully saturated rings. The van der Waals surface area contributed by atoms with Gasteiger partial charge in [-0.1, -0.05) is 18.5 Å². The van der Waals surface area contributed by atoms with E-state index in [1.807, 2.05) is 14.0 Å². The number of imidazole rings is 1. The number of aromatic nitrogens is 4. The Morgan fingerprint density at radius 2 is 2.29 bits per heavy atom. The van der Waals surface area contributed by atoms with Crippen LogP contribution in [0.5, 0.6) is 0 Å². The van der Waals surface area contributed by atoms with Crippen LogP contribution in [0.4, 0.5) is 0 Å². The molecule has 0 saturated heterocycles. The number of nitrogens with zero attached hydrogens (tertiary/aromatic N) is 4. The predicted molar refractivity (Wildman–Crippen MR) is 64.2 cm³/mol. The van der Waals surface area contributed by atoms with E-state index < -0.39 is 0 Å². The lowest BCUT2D eigenvalue weighted by atomic mass is 10.2. The van der Waals surface area contributed by atoms with Crippen molar-refractivity contribution in [3.63, 3.8) is 0 Å². The summed E-state index contributed by atoms with van der Waals surface area (Å²) in [5.41, 5.74) is 0.791. The average Bonchev–Trinajstić information content (AvgIpc) is 2.86. The van der Waals surface area contributed by atoms with E-state index in [0.29, 0.717) is 23.0 Å². The average molecular weight is 253 g/mol. The number of carbonyl (C=O) groups excluding carboxylic acids is 1. The molecule has 0 unspecified atom stereocenters. The fourth-order valence-corrected chi connectivity index (χ4v) is 1.85. The first kappa shape index (κ1) is 11.9. The maximum Gasteiger partial charge on any atom is 0.232 e. The van der Waals surface area contributed by atoms with Crippen LogP contribution in [0.3, 0.4) is 0 Å². The zero-order valence-corrected chi connectivity index (χ0v) is 10.5. The van der Waals surface area contributed by atoms with Crippen molar-refractivity contribution in [3.8, 4) is 0 Å². The fraction of sp³-hybridized carbons (Fsp3) is 0.364. The van der Waals surface area contributed by atoms with Crippen molar-refractivity contribution in [3.05, 3.63) is 35.1 Å². The zero-order chi connectivity index (χ0) is 12.4. The summed E-state index contributed by atoms with van der Waals surface area (Å²) in [4.78, 5) is 16.2. The number of rotatable bonds is 4. The van der Waals surface area contributed by atoms with Crippen LogP contribution in [0.25, 0.3) is 0 Å². The van der Waals surface area contributed by atoms with Crippen molar-refractivity contribution in [1.29, 1.82) is 0 Å². The smallest absolute Gasteiger partial charge is 0.232 e. The third-order valence-corrected chi connectivity index (χ3v) is 2.66. The van der Waals surface area contributed by atoms with Gasteiger partial charge in [-0.15, -0.1) is 0 Å². The van der Waals surface area contributed by atoms with Gasteiger partial charge in [0.25, 0.3) is 0 Å². The molecule has 0 radical (unpaired) electrons. The molecule has 0 aromatic carbocycles. The second kappa shape index (κ2) is 4.71. The second-order valence-corrected chi connectivity index (χ2v) is 4.22. The molecule has 17 heavy (non-hydrogen) atoms. The maximum absolute atomic E-state index is 12.2. The van der Waals surface area contributed by atoms with Crippen LogP contribution in [0.1, 0.15) is 29.5 Å². The number of halogens is 1. The minimum Gasteiger partial charge on any atom is -0.340 e. The number of hydrogen-bond acceptors (Lipinski definition) is 3. The molecule has 2 heterocycles. The van der Waals surface area contributed by atoms with E-state index in [-0.39, 0.29) is 5.78 Å². The Balaban J connectivity index is 2.39. The Morgan fingerprint density at radius 1 is 1.53 bits per heavy atom. The molecule has 2 aromatic rings. The number of aryl methyl sites for hydroxylation is 2. The van der Waals surface area contributed by atoms with Crippen molar-refractivity contribution < 1.29 is 4.79 Å². The van der Waals surface area contributed by atoms with E-state index in [1.54, 1.807) is 21.8 Å². The van der Waals surface area contributed by atoms with Crippen LogP contribution in [-0.4, -0.2) is 25.1 Å². The van der Waals surface area contributed by atoms with E-state index in [1.165, 1.54) is 6.20 Å². The summed E-state index contributed by atoms with van der Waals surface area (Å²) in [6.45, 7) is 2.69. The molecule has 0 N–H and O–H groups in total. The van der Waals surface area contributed by atoms with E-state index >= 15 is 0 Å². The van der Waals surface area contributed by atoms with Gasteiger partial charge in [0, 0.05) is 19.8 Å². The van der Waals surface area contributed by atoms with Gasteiger partial charge >= 0.3 is 0 Å². The minimum absolute atomic E-state index is 0.193. The third-order valence-electron chi connectivity index (χ3n) is 2.38. The minimum atomic E-state index is -0.193. The summed E-state index contributed by atoms with van der Waals surface area (Å²) in [5.74, 6) is -0.193. The van der Waals surface area contributed by atoms with Crippen LogP contribution in [0.2, 0.25) is 5.02 Å². The fourth-order valence-electron chi connectivity index (χ4n) is 1.62. The molecule has 2 aromatic heterocycles. The molecule has 0 aliphatic rings. The van der Waals surface area contributed by atoms with Crippen molar-refractivity contribution >= 4 is 17.4 Å². The number of carbonyl (C=O) groups is 1. The first-order chi connectivity index (χ1) is 8.13. The summed E-state index contributed by atoms with van der Waals surface area (Å²) in [7, 11) is 1.81. The van der Waals surface area contributed by atoms with Gasteiger partial charge in [-0.2, -0.15) is 5.10 Å². The van der Waals surface area contributed by atoms with Gasteiger partial charge in [-0.25, -0.2) is 4.98 Å². The Bertz CT molecular complexity index is 543. The quantitative estimate of drug-likeness (QED) is 0.781. The summed E-state index contributed by atoms with van der Waals surface area (Å²) in [6, 6.07) is 0. The van der Waals surface area contributed by atoms with Gasteiger partial charge in [0.2, 0.25) is 5.78 Å². The van der Waals surface area contributed by atoms with Crippen LogP contribution < -0.4 is 0 Å². The van der Waals surface area contributed by atoms with Gasteiger partial charge in [-0.3, -0.25) is 9.48 Å². The highest BCUT2D eigenvalue weighted by Gasteiger charge is 2.20. The van der Waals surface area contributed by atoms with E-state index in [0.717, 1.165) is 6.42 Å². The molecule has 0 aliphatic carbocycles. The highest BCUT2D eigenvalue weighted by Crippen LogP contribution is 2.18. The van der Waals surface area contributed by atoms with E-state index in [4.69, 9.17) is 11.6 Å². The number of ketones is 1. The van der Waals surface area contributed by atoms with Crippen molar-refractivity contribution in [2.24, 2.45) is 7.05 Å². The van der Waals surface area contributed by atoms with E-state index in [2.05, 4.69) is 10.1 Å². The Hall–Kier alpha value is -1.62. The molecule has 0 atom stereocenters. The summed E-state index contributed by atoms with van der Waals surface area (Å²) in [5, 5.41) is 4.46. The Labute approximate surface area is 104 Å². The lowest BCUT2D eigenvalue weighted by Gasteiger charge is -2.03. The first-order valence-electron chi connectivity index (χ1n) is 5.37. The second-order valence-electron chi connectivity index (χ2n) is 3.82. The topological polar surface area (TPSA) is 52.7 Å². The van der Waals surface area contributed by atoms with Gasteiger partial charge < -0.3 is 4.57 Å². The standard InChI is InChI=1S/C11H13ClN4O/c1-3-4-16-10(8(12)5-14-16)11(17)9-6-15(2)7-13-9/h5-7H,3-4H2,1-2H3. The summed E-state index contributed by atoms with van der Waals surface area (Å²) >= 11 is 5.99. The van der Waals surface area contributed by atoms with Crippen molar-refractivity contribution in [2.45, 2.75) is 19.9 Å². The molecule has 6 heteroatoms. The molecular formula is C11H13ClN4O. The highest BCUT2D eigenvalue weighted by molar-refractivity contribution is 6.34. The van der Waals surface area contributed by atoms with E-state index in [9.17, 15) is 4.79 Å².